The van der Waals surface area contributed by atoms with Crippen LogP contribution in [0, 0.1) is 5.92 Å². The first-order valence-electron chi connectivity index (χ1n) is 8.60. The lowest BCUT2D eigenvalue weighted by atomic mass is 10.1. The summed E-state index contributed by atoms with van der Waals surface area (Å²) in [7, 11) is 0. The summed E-state index contributed by atoms with van der Waals surface area (Å²) in [5.41, 5.74) is 1.09. The maximum Gasteiger partial charge on any atom is 0.228 e. The molecule has 0 bridgehead atoms. The van der Waals surface area contributed by atoms with Crippen LogP contribution < -0.4 is 0 Å². The van der Waals surface area contributed by atoms with Crippen molar-refractivity contribution in [2.45, 2.75) is 19.9 Å². The third kappa shape index (κ3) is 3.98. The van der Waals surface area contributed by atoms with Crippen molar-refractivity contribution in [2.24, 2.45) is 5.92 Å². The van der Waals surface area contributed by atoms with Crippen LogP contribution >= 0.6 is 15.9 Å². The number of piperazine rings is 1. The Kier molecular flexibility index (Phi) is 5.56. The zero-order valence-electron chi connectivity index (χ0n) is 14.1. The lowest BCUT2D eigenvalue weighted by molar-refractivity contribution is -0.137. The molecule has 1 aromatic rings. The van der Waals surface area contributed by atoms with Crippen molar-refractivity contribution in [3.8, 4) is 0 Å². The molecule has 1 aromatic carbocycles. The normalized spacial score (nSPS) is 22.2. The number of amides is 2. The summed E-state index contributed by atoms with van der Waals surface area (Å²) in [4.78, 5) is 31.1. The number of likely N-dealkylation sites (tertiary alicyclic amines) is 1. The predicted octanol–water partition coefficient (Wildman–Crippen LogP) is 1.96. The van der Waals surface area contributed by atoms with Crippen molar-refractivity contribution in [3.05, 3.63) is 34.3 Å². The Bertz CT molecular complexity index is 614. The number of rotatable bonds is 4. The molecule has 1 atom stereocenters. The second-order valence-corrected chi connectivity index (χ2v) is 7.48. The van der Waals surface area contributed by atoms with Crippen LogP contribution in [0.3, 0.4) is 0 Å². The first-order chi connectivity index (χ1) is 11.6. The van der Waals surface area contributed by atoms with Gasteiger partial charge in [-0.25, -0.2) is 0 Å². The first kappa shape index (κ1) is 17.4. The Morgan fingerprint density at radius 3 is 2.67 bits per heavy atom. The van der Waals surface area contributed by atoms with Gasteiger partial charge in [0.15, 0.2) is 0 Å². The van der Waals surface area contributed by atoms with Crippen LogP contribution in [0.1, 0.15) is 18.9 Å². The minimum Gasteiger partial charge on any atom is -0.340 e. The van der Waals surface area contributed by atoms with E-state index in [0.29, 0.717) is 19.5 Å². The van der Waals surface area contributed by atoms with Gasteiger partial charge in [0.25, 0.3) is 0 Å². The Balaban J connectivity index is 1.57. The van der Waals surface area contributed by atoms with Crippen molar-refractivity contribution < 1.29 is 9.59 Å². The van der Waals surface area contributed by atoms with Crippen LogP contribution in [0.4, 0.5) is 0 Å². The van der Waals surface area contributed by atoms with E-state index in [1.807, 2.05) is 34.1 Å². The molecule has 0 unspecified atom stereocenters. The molecular formula is C18H24BrN3O2. The van der Waals surface area contributed by atoms with Crippen molar-refractivity contribution in [3.63, 3.8) is 0 Å². The van der Waals surface area contributed by atoms with E-state index in [0.717, 1.165) is 42.8 Å². The fraction of sp³-hybridized carbons (Fsp3) is 0.556. The van der Waals surface area contributed by atoms with E-state index in [4.69, 9.17) is 0 Å². The number of likely N-dealkylation sites (N-methyl/N-ethyl adjacent to an activating group) is 1. The molecule has 0 saturated carbocycles. The molecule has 0 aromatic heterocycles. The SMILES string of the molecule is CCN1CCN(C(=O)[C@H]2CC(=O)N(Cc3cccc(Br)c3)C2)CC1. The maximum absolute atomic E-state index is 12.7. The van der Waals surface area contributed by atoms with Gasteiger partial charge in [0.05, 0.1) is 5.92 Å². The van der Waals surface area contributed by atoms with Crippen LogP contribution in [-0.4, -0.2) is 65.8 Å². The molecule has 0 spiro atoms. The summed E-state index contributed by atoms with van der Waals surface area (Å²) >= 11 is 3.46. The lowest BCUT2D eigenvalue weighted by Gasteiger charge is -2.35. The van der Waals surface area contributed by atoms with E-state index in [1.165, 1.54) is 0 Å². The number of hydrogen-bond acceptors (Lipinski definition) is 3. The number of benzene rings is 1. The third-order valence-corrected chi connectivity index (χ3v) is 5.45. The fourth-order valence-electron chi connectivity index (χ4n) is 3.49. The van der Waals surface area contributed by atoms with Gasteiger partial charge in [0.1, 0.15) is 0 Å². The van der Waals surface area contributed by atoms with Gasteiger partial charge in [0.2, 0.25) is 11.8 Å². The van der Waals surface area contributed by atoms with Gasteiger partial charge in [0, 0.05) is 50.2 Å². The van der Waals surface area contributed by atoms with Crippen LogP contribution in [0.15, 0.2) is 28.7 Å². The number of hydrogen-bond donors (Lipinski definition) is 0. The van der Waals surface area contributed by atoms with Gasteiger partial charge in [-0.2, -0.15) is 0 Å². The molecule has 2 saturated heterocycles. The van der Waals surface area contributed by atoms with Crippen molar-refractivity contribution in [1.29, 1.82) is 0 Å². The molecular weight excluding hydrogens is 370 g/mol. The zero-order chi connectivity index (χ0) is 17.1. The number of carbonyl (C=O) groups is 2. The molecule has 3 rings (SSSR count). The van der Waals surface area contributed by atoms with Gasteiger partial charge in [-0.3, -0.25) is 9.59 Å². The van der Waals surface area contributed by atoms with Gasteiger partial charge < -0.3 is 14.7 Å². The topological polar surface area (TPSA) is 43.9 Å². The Hall–Kier alpha value is -1.40. The molecule has 2 amide bonds. The minimum absolute atomic E-state index is 0.0838. The second-order valence-electron chi connectivity index (χ2n) is 6.56. The van der Waals surface area contributed by atoms with Crippen LogP contribution in [0.25, 0.3) is 0 Å². The standard InChI is InChI=1S/C18H24BrN3O2/c1-2-20-6-8-21(9-7-20)18(24)15-11-17(23)22(13-15)12-14-4-3-5-16(19)10-14/h3-5,10,15H,2,6-9,11-13H2,1H3/t15-/m0/s1. The summed E-state index contributed by atoms with van der Waals surface area (Å²) in [6.07, 6.45) is 0.348. The Morgan fingerprint density at radius 1 is 1.25 bits per heavy atom. The first-order valence-corrected chi connectivity index (χ1v) is 9.39. The number of halogens is 1. The molecule has 6 heteroatoms. The van der Waals surface area contributed by atoms with E-state index in [2.05, 4.69) is 27.8 Å². The maximum atomic E-state index is 12.7. The molecule has 130 valence electrons. The molecule has 2 heterocycles. The largest absolute Gasteiger partial charge is 0.340 e. The van der Waals surface area contributed by atoms with E-state index in [1.54, 1.807) is 0 Å². The van der Waals surface area contributed by atoms with Crippen LogP contribution in [0.2, 0.25) is 0 Å². The summed E-state index contributed by atoms with van der Waals surface area (Å²) in [5.74, 6) is 0.0502. The van der Waals surface area contributed by atoms with E-state index < -0.39 is 0 Å². The molecule has 0 N–H and O–H groups in total. The highest BCUT2D eigenvalue weighted by atomic mass is 79.9. The highest BCUT2D eigenvalue weighted by Crippen LogP contribution is 2.23. The van der Waals surface area contributed by atoms with Crippen molar-refractivity contribution >= 4 is 27.7 Å². The molecule has 0 radical (unpaired) electrons. The second kappa shape index (κ2) is 7.66. The molecule has 2 aliphatic heterocycles. The smallest absolute Gasteiger partial charge is 0.228 e. The number of nitrogens with zero attached hydrogens (tertiary/aromatic N) is 3. The Labute approximate surface area is 151 Å². The average molecular weight is 394 g/mol. The third-order valence-electron chi connectivity index (χ3n) is 4.96. The van der Waals surface area contributed by atoms with Crippen molar-refractivity contribution in [1.82, 2.24) is 14.7 Å². The molecule has 24 heavy (non-hydrogen) atoms. The van der Waals surface area contributed by atoms with Gasteiger partial charge in [-0.05, 0) is 24.2 Å². The molecule has 5 nitrogen and oxygen atoms in total. The monoisotopic (exact) mass is 393 g/mol. The van der Waals surface area contributed by atoms with Crippen molar-refractivity contribution in [2.75, 3.05) is 39.3 Å². The van der Waals surface area contributed by atoms with Gasteiger partial charge in [-0.15, -0.1) is 0 Å². The quantitative estimate of drug-likeness (QED) is 0.785. The fourth-order valence-corrected chi connectivity index (χ4v) is 3.94. The van der Waals surface area contributed by atoms with Gasteiger partial charge in [-0.1, -0.05) is 35.0 Å². The number of carbonyl (C=O) groups excluding carboxylic acids is 2. The summed E-state index contributed by atoms with van der Waals surface area (Å²) in [6, 6.07) is 7.97. The predicted molar refractivity (Wildman–Crippen MR) is 96.4 cm³/mol. The summed E-state index contributed by atoms with van der Waals surface area (Å²) in [5, 5.41) is 0. The Morgan fingerprint density at radius 2 is 2.00 bits per heavy atom. The van der Waals surface area contributed by atoms with Crippen LogP contribution in [-0.2, 0) is 16.1 Å². The molecule has 2 aliphatic rings. The minimum atomic E-state index is -0.183. The summed E-state index contributed by atoms with van der Waals surface area (Å²) < 4.78 is 1.01. The molecule has 2 fully saturated rings. The van der Waals surface area contributed by atoms with E-state index in [-0.39, 0.29) is 17.7 Å². The summed E-state index contributed by atoms with van der Waals surface area (Å²) in [6.45, 7) is 7.72. The van der Waals surface area contributed by atoms with E-state index >= 15 is 0 Å². The van der Waals surface area contributed by atoms with Crippen LogP contribution in [0.5, 0.6) is 0 Å². The van der Waals surface area contributed by atoms with Gasteiger partial charge >= 0.3 is 0 Å². The molecule has 0 aliphatic carbocycles. The lowest BCUT2D eigenvalue weighted by Crippen LogP contribution is -2.50. The average Bonchev–Trinajstić information content (AvgIpc) is 2.95. The highest BCUT2D eigenvalue weighted by molar-refractivity contribution is 9.10. The zero-order valence-corrected chi connectivity index (χ0v) is 15.7. The highest BCUT2D eigenvalue weighted by Gasteiger charge is 2.37. The van der Waals surface area contributed by atoms with E-state index in [9.17, 15) is 9.59 Å².